The van der Waals surface area contributed by atoms with E-state index in [0.717, 1.165) is 63.2 Å². The van der Waals surface area contributed by atoms with Crippen LogP contribution in [-0.4, -0.2) is 26.3 Å². The van der Waals surface area contributed by atoms with Gasteiger partial charge in [-0.3, -0.25) is 0 Å². The summed E-state index contributed by atoms with van der Waals surface area (Å²) in [4.78, 5) is 21.9. The third kappa shape index (κ3) is 4.11. The Balaban J connectivity index is 1.55. The minimum absolute atomic E-state index is 0.0507. The van der Waals surface area contributed by atoms with Crippen molar-refractivity contribution in [2.45, 2.75) is 31.7 Å². The van der Waals surface area contributed by atoms with Gasteiger partial charge in [-0.25, -0.2) is 14.8 Å². The fourth-order valence-electron chi connectivity index (χ4n) is 5.12. The van der Waals surface area contributed by atoms with Crippen LogP contribution in [0.15, 0.2) is 78.3 Å². The van der Waals surface area contributed by atoms with E-state index < -0.39 is 11.6 Å². The third-order valence-electron chi connectivity index (χ3n) is 7.18. The molecular formula is C30H25N3O3S. The number of nitrogens with one attached hydrogen (secondary N) is 1. The summed E-state index contributed by atoms with van der Waals surface area (Å²) in [6, 6.07) is 22.1. The van der Waals surface area contributed by atoms with Gasteiger partial charge in [-0.05, 0) is 60.4 Å². The highest BCUT2D eigenvalue weighted by Crippen LogP contribution is 2.43. The summed E-state index contributed by atoms with van der Waals surface area (Å²) in [5.74, 6) is -0.0507. The van der Waals surface area contributed by atoms with Gasteiger partial charge in [-0.1, -0.05) is 54.6 Å². The minimum atomic E-state index is -1.00. The zero-order valence-electron chi connectivity index (χ0n) is 20.2. The molecule has 1 fully saturated rings. The molecule has 2 aromatic carbocycles. The second kappa shape index (κ2) is 9.01. The number of hydrogen-bond donors (Lipinski definition) is 3. The molecule has 6 rings (SSSR count). The Kier molecular flexibility index (Phi) is 5.65. The van der Waals surface area contributed by atoms with Crippen LogP contribution in [0.25, 0.3) is 43.7 Å². The normalized spacial score (nSPS) is 14.3. The van der Waals surface area contributed by atoms with Gasteiger partial charge < -0.3 is 15.5 Å². The molecule has 6 nitrogen and oxygen atoms in total. The molecule has 3 aromatic heterocycles. The molecule has 184 valence electrons. The van der Waals surface area contributed by atoms with Crippen LogP contribution in [0.2, 0.25) is 0 Å². The van der Waals surface area contributed by atoms with Gasteiger partial charge in [0.2, 0.25) is 5.88 Å². The van der Waals surface area contributed by atoms with Crippen LogP contribution in [0.1, 0.15) is 30.4 Å². The average molecular weight is 508 g/mol. The van der Waals surface area contributed by atoms with E-state index in [-0.39, 0.29) is 5.88 Å². The maximum Gasteiger partial charge on any atom is 0.405 e. The van der Waals surface area contributed by atoms with Gasteiger partial charge in [0.1, 0.15) is 0 Å². The van der Waals surface area contributed by atoms with Gasteiger partial charge in [-0.2, -0.15) is 0 Å². The molecule has 0 aliphatic heterocycles. The molecule has 1 aliphatic carbocycles. The first-order chi connectivity index (χ1) is 17.9. The largest absolute Gasteiger partial charge is 0.493 e. The van der Waals surface area contributed by atoms with Crippen molar-refractivity contribution >= 4 is 28.3 Å². The lowest BCUT2D eigenvalue weighted by molar-refractivity contribution is 0.144. The van der Waals surface area contributed by atoms with E-state index >= 15 is 0 Å². The van der Waals surface area contributed by atoms with Crippen molar-refractivity contribution in [3.05, 3.63) is 89.4 Å². The van der Waals surface area contributed by atoms with E-state index in [0.29, 0.717) is 10.9 Å². The molecule has 1 aliphatic rings. The number of rotatable bonds is 5. The zero-order chi connectivity index (χ0) is 25.6. The van der Waals surface area contributed by atoms with E-state index in [2.05, 4.69) is 28.7 Å². The van der Waals surface area contributed by atoms with Gasteiger partial charge in [0.05, 0.1) is 22.1 Å². The lowest BCUT2D eigenvalue weighted by Crippen LogP contribution is -2.50. The standard InChI is InChI=1S/C30H25N3O3S/c1-18-14-25(37-17-18)24-16-31-28(34)23-15-22(19-6-3-2-4-7-19)26(32-27(23)24)20-8-10-21(11-9-20)30(12-5-13-30)33-29(35)36/h2-4,6-11,14-17,33H,5,12-13H2,1H3,(H,31,34)(H,35,36). The van der Waals surface area contributed by atoms with Crippen LogP contribution in [0.5, 0.6) is 5.88 Å². The van der Waals surface area contributed by atoms with Crippen LogP contribution in [-0.2, 0) is 5.54 Å². The van der Waals surface area contributed by atoms with Crippen molar-refractivity contribution in [3.8, 4) is 38.7 Å². The lowest BCUT2D eigenvalue weighted by atomic mass is 9.71. The highest BCUT2D eigenvalue weighted by Gasteiger charge is 2.40. The molecule has 7 heteroatoms. The molecule has 3 heterocycles. The molecule has 0 spiro atoms. The highest BCUT2D eigenvalue weighted by molar-refractivity contribution is 7.13. The molecule has 0 bridgehead atoms. The Morgan fingerprint density at radius 3 is 2.38 bits per heavy atom. The summed E-state index contributed by atoms with van der Waals surface area (Å²) in [7, 11) is 0. The zero-order valence-corrected chi connectivity index (χ0v) is 21.0. The van der Waals surface area contributed by atoms with E-state index in [9.17, 15) is 15.0 Å². The summed E-state index contributed by atoms with van der Waals surface area (Å²) >= 11 is 1.63. The second-order valence-electron chi connectivity index (χ2n) is 9.57. The first kappa shape index (κ1) is 23.2. The maximum absolute atomic E-state index is 11.4. The number of benzene rings is 2. The van der Waals surface area contributed by atoms with Gasteiger partial charge in [0.15, 0.2) is 0 Å². The van der Waals surface area contributed by atoms with Gasteiger partial charge in [0, 0.05) is 27.8 Å². The van der Waals surface area contributed by atoms with E-state index in [1.807, 2.05) is 60.7 Å². The Bertz CT molecular complexity index is 1620. The minimum Gasteiger partial charge on any atom is -0.493 e. The van der Waals surface area contributed by atoms with Crippen LogP contribution in [0, 0.1) is 6.92 Å². The van der Waals surface area contributed by atoms with Crippen molar-refractivity contribution in [1.29, 1.82) is 0 Å². The number of aromatic hydroxyl groups is 1. The molecular weight excluding hydrogens is 482 g/mol. The number of hydrogen-bond acceptors (Lipinski definition) is 5. The van der Waals surface area contributed by atoms with E-state index in [1.54, 1.807) is 17.5 Å². The Morgan fingerprint density at radius 1 is 1.00 bits per heavy atom. The molecule has 0 radical (unpaired) electrons. The fraction of sp³-hybridized carbons (Fsp3) is 0.167. The van der Waals surface area contributed by atoms with Crippen LogP contribution >= 0.6 is 11.3 Å². The lowest BCUT2D eigenvalue weighted by Gasteiger charge is -2.42. The molecule has 37 heavy (non-hydrogen) atoms. The number of pyridine rings is 2. The van der Waals surface area contributed by atoms with Crippen LogP contribution in [0.3, 0.4) is 0 Å². The average Bonchev–Trinajstić information content (AvgIpc) is 3.32. The molecule has 1 amide bonds. The monoisotopic (exact) mass is 507 g/mol. The predicted octanol–water partition coefficient (Wildman–Crippen LogP) is 7.35. The first-order valence-corrected chi connectivity index (χ1v) is 13.1. The Morgan fingerprint density at radius 2 is 1.76 bits per heavy atom. The molecule has 0 unspecified atom stereocenters. The number of nitrogens with zero attached hydrogens (tertiary/aromatic N) is 2. The van der Waals surface area contributed by atoms with Crippen LogP contribution < -0.4 is 5.32 Å². The molecule has 0 saturated heterocycles. The van der Waals surface area contributed by atoms with E-state index in [4.69, 9.17) is 4.98 Å². The highest BCUT2D eigenvalue weighted by atomic mass is 32.1. The first-order valence-electron chi connectivity index (χ1n) is 12.2. The molecule has 1 saturated carbocycles. The maximum atomic E-state index is 11.4. The number of thiophene rings is 1. The van der Waals surface area contributed by atoms with Crippen molar-refractivity contribution in [2.24, 2.45) is 0 Å². The van der Waals surface area contributed by atoms with E-state index in [1.165, 1.54) is 0 Å². The number of fused-ring (bicyclic) bond motifs is 1. The van der Waals surface area contributed by atoms with Crippen molar-refractivity contribution in [3.63, 3.8) is 0 Å². The van der Waals surface area contributed by atoms with Crippen LogP contribution in [0.4, 0.5) is 4.79 Å². The fourth-order valence-corrected chi connectivity index (χ4v) is 6.04. The third-order valence-corrected chi connectivity index (χ3v) is 8.26. The summed E-state index contributed by atoms with van der Waals surface area (Å²) in [6.07, 6.45) is 3.25. The number of amides is 1. The van der Waals surface area contributed by atoms with Gasteiger partial charge in [-0.15, -0.1) is 11.3 Å². The summed E-state index contributed by atoms with van der Waals surface area (Å²) in [6.45, 7) is 2.05. The molecule has 3 N–H and O–H groups in total. The summed E-state index contributed by atoms with van der Waals surface area (Å²) < 4.78 is 0. The predicted molar refractivity (Wildman–Crippen MR) is 147 cm³/mol. The summed E-state index contributed by atoms with van der Waals surface area (Å²) in [5, 5.41) is 25.5. The SMILES string of the molecule is Cc1csc(-c2cnc(O)c3cc(-c4ccccc4)c(-c4ccc(C5(NC(=O)O)CCC5)cc4)nc23)c1. The van der Waals surface area contributed by atoms with Crippen molar-refractivity contribution < 1.29 is 15.0 Å². The Labute approximate surface area is 218 Å². The van der Waals surface area contributed by atoms with Crippen molar-refractivity contribution in [2.75, 3.05) is 0 Å². The number of aromatic nitrogens is 2. The van der Waals surface area contributed by atoms with Crippen molar-refractivity contribution in [1.82, 2.24) is 15.3 Å². The second-order valence-corrected chi connectivity index (χ2v) is 10.5. The number of carboxylic acid groups (broad SMARTS) is 1. The molecule has 5 aromatic rings. The van der Waals surface area contributed by atoms with Gasteiger partial charge in [0.25, 0.3) is 0 Å². The summed E-state index contributed by atoms with van der Waals surface area (Å²) in [5.41, 5.74) is 6.75. The number of carbonyl (C=O) groups is 1. The van der Waals surface area contributed by atoms with Gasteiger partial charge >= 0.3 is 6.09 Å². The Hall–Kier alpha value is -4.23. The quantitative estimate of drug-likeness (QED) is 0.231. The molecule has 0 atom stereocenters. The number of aryl methyl sites for hydroxylation is 1. The smallest absolute Gasteiger partial charge is 0.405 e. The topological polar surface area (TPSA) is 95.3 Å².